The minimum atomic E-state index is -0.414. The van der Waals surface area contributed by atoms with Gasteiger partial charge in [0.25, 0.3) is 0 Å². The zero-order valence-electron chi connectivity index (χ0n) is 28.0. The minimum Gasteiger partial charge on any atom is -0.461 e. The second-order valence-corrected chi connectivity index (χ2v) is 13.9. The van der Waals surface area contributed by atoms with E-state index in [9.17, 15) is 9.59 Å². The molecule has 4 fully saturated rings. The van der Waals surface area contributed by atoms with Crippen LogP contribution in [0.1, 0.15) is 77.3 Å². The van der Waals surface area contributed by atoms with Crippen molar-refractivity contribution in [2.24, 2.45) is 10.8 Å². The van der Waals surface area contributed by atoms with Gasteiger partial charge in [0.05, 0.1) is 44.7 Å². The summed E-state index contributed by atoms with van der Waals surface area (Å²) in [5.74, 6) is 1.15. The lowest BCUT2D eigenvalue weighted by atomic mass is 9.97. The van der Waals surface area contributed by atoms with Crippen molar-refractivity contribution in [3.63, 3.8) is 0 Å². The molecule has 2 saturated heterocycles. The van der Waals surface area contributed by atoms with Gasteiger partial charge in [-0.3, -0.25) is 0 Å². The molecule has 0 bridgehead atoms. The van der Waals surface area contributed by atoms with Gasteiger partial charge in [-0.2, -0.15) is 0 Å². The summed E-state index contributed by atoms with van der Waals surface area (Å²) in [7, 11) is 0. The highest BCUT2D eigenvalue weighted by Gasteiger charge is 2.53. The van der Waals surface area contributed by atoms with E-state index >= 15 is 0 Å². The molecule has 0 N–H and O–H groups in total. The van der Waals surface area contributed by atoms with Crippen molar-refractivity contribution in [3.05, 3.63) is 89.3 Å². The predicted octanol–water partition coefficient (Wildman–Crippen LogP) is 5.50. The van der Waals surface area contributed by atoms with E-state index in [1.54, 1.807) is 49.5 Å². The number of esters is 2. The number of hydrogen-bond acceptors (Lipinski definition) is 10. The normalized spacial score (nSPS) is 17.4. The van der Waals surface area contributed by atoms with Gasteiger partial charge in [-0.25, -0.2) is 29.5 Å². The maximum Gasteiger partial charge on any atom is 0.358 e. The molecule has 0 aromatic carbocycles. The standard InChI is InChI=1S/C19H22N4O2.C17H19ClN4O2/c1-3-15-14(9-22-10-16(20-13-22)18(24)25-4-2)5-6-17(21-15)23-11-19(12-23)7-8-19;1-2-24-16(23)13-8-21(11-19-13)7-12-3-4-14(20-15(12)18)22-9-17(10-22)5-6-17/h3,5-6,10,13H,1,4,7-9,11-12H2,2H3;3-4,8,11H,2,5-7,9-10H2,1H3. The van der Waals surface area contributed by atoms with Crippen molar-refractivity contribution in [1.82, 2.24) is 29.1 Å². The van der Waals surface area contributed by atoms with Crippen molar-refractivity contribution >= 4 is 41.3 Å². The number of carbonyl (C=O) groups excluding carboxylic acids is 2. The molecule has 0 radical (unpaired) electrons. The Hall–Kier alpha value is -4.71. The monoisotopic (exact) mass is 684 g/mol. The zero-order valence-corrected chi connectivity index (χ0v) is 28.7. The third-order valence-electron chi connectivity index (χ3n) is 9.71. The van der Waals surface area contributed by atoms with E-state index in [2.05, 4.69) is 43.5 Å². The number of halogens is 1. The Morgan fingerprint density at radius 3 is 1.69 bits per heavy atom. The van der Waals surface area contributed by atoms with E-state index < -0.39 is 11.9 Å². The van der Waals surface area contributed by atoms with Crippen molar-refractivity contribution in [3.8, 4) is 0 Å². The fourth-order valence-corrected chi connectivity index (χ4v) is 6.68. The molecule has 4 aliphatic rings. The van der Waals surface area contributed by atoms with Crippen molar-refractivity contribution < 1.29 is 19.1 Å². The minimum absolute atomic E-state index is 0.299. The van der Waals surface area contributed by atoms with Crippen LogP contribution in [0.3, 0.4) is 0 Å². The molecule has 4 aromatic heterocycles. The van der Waals surface area contributed by atoms with Crippen LogP contribution in [0.2, 0.25) is 5.15 Å². The molecule has 2 spiro atoms. The Bertz CT molecular complexity index is 1860. The molecule has 256 valence electrons. The Balaban J connectivity index is 0.000000154. The van der Waals surface area contributed by atoms with Gasteiger partial charge in [-0.1, -0.05) is 30.3 Å². The highest BCUT2D eigenvalue weighted by Crippen LogP contribution is 2.54. The van der Waals surface area contributed by atoms with E-state index in [4.69, 9.17) is 26.1 Å². The number of nitrogens with zero attached hydrogens (tertiary/aromatic N) is 8. The summed E-state index contributed by atoms with van der Waals surface area (Å²) in [6, 6.07) is 8.16. The number of ether oxygens (including phenoxy) is 2. The van der Waals surface area contributed by atoms with Crippen LogP contribution in [0.15, 0.2) is 55.9 Å². The van der Waals surface area contributed by atoms with Gasteiger partial charge in [0.1, 0.15) is 16.8 Å². The first kappa shape index (κ1) is 32.8. The molecule has 0 atom stereocenters. The number of aromatic nitrogens is 6. The molecule has 2 aliphatic carbocycles. The van der Waals surface area contributed by atoms with Crippen molar-refractivity contribution in [2.75, 3.05) is 49.2 Å². The van der Waals surface area contributed by atoms with Crippen molar-refractivity contribution in [1.29, 1.82) is 0 Å². The summed E-state index contributed by atoms with van der Waals surface area (Å²) < 4.78 is 13.6. The van der Waals surface area contributed by atoms with E-state index in [1.807, 2.05) is 16.7 Å². The highest BCUT2D eigenvalue weighted by atomic mass is 35.5. The van der Waals surface area contributed by atoms with Crippen LogP contribution in [0.25, 0.3) is 6.08 Å². The van der Waals surface area contributed by atoms with Gasteiger partial charge in [0.2, 0.25) is 0 Å². The van der Waals surface area contributed by atoms with E-state index in [0.29, 0.717) is 53.7 Å². The number of rotatable bonds is 11. The van der Waals surface area contributed by atoms with Gasteiger partial charge in [0.15, 0.2) is 11.4 Å². The average molecular weight is 685 g/mol. The maximum atomic E-state index is 11.7. The van der Waals surface area contributed by atoms with Gasteiger partial charge in [0, 0.05) is 55.0 Å². The quantitative estimate of drug-likeness (QED) is 0.148. The number of imidazole rings is 2. The average Bonchev–Trinajstić information content (AvgIpc) is 3.95. The number of hydrogen-bond donors (Lipinski definition) is 0. The van der Waals surface area contributed by atoms with Gasteiger partial charge in [-0.05, 0) is 63.3 Å². The summed E-state index contributed by atoms with van der Waals surface area (Å²) >= 11 is 6.35. The van der Waals surface area contributed by atoms with Gasteiger partial charge >= 0.3 is 11.9 Å². The van der Waals surface area contributed by atoms with Crippen LogP contribution in [0, 0.1) is 10.8 Å². The molecular weight excluding hydrogens is 644 g/mol. The fourth-order valence-electron chi connectivity index (χ4n) is 6.47. The molecule has 49 heavy (non-hydrogen) atoms. The molecule has 2 aliphatic heterocycles. The summed E-state index contributed by atoms with van der Waals surface area (Å²) in [6.07, 6.45) is 13.8. The molecule has 12 nitrogen and oxygen atoms in total. The topological polar surface area (TPSA) is 121 Å². The lowest BCUT2D eigenvalue weighted by Gasteiger charge is -2.41. The summed E-state index contributed by atoms with van der Waals surface area (Å²) in [4.78, 5) is 45.4. The van der Waals surface area contributed by atoms with Crippen LogP contribution >= 0.6 is 11.6 Å². The first-order valence-electron chi connectivity index (χ1n) is 16.9. The Morgan fingerprint density at radius 1 is 0.776 bits per heavy atom. The lowest BCUT2D eigenvalue weighted by molar-refractivity contribution is 0.0510. The molecule has 13 heteroatoms. The molecule has 6 heterocycles. The summed E-state index contributed by atoms with van der Waals surface area (Å²) in [5.41, 5.74) is 4.64. The molecule has 4 aromatic rings. The first-order valence-corrected chi connectivity index (χ1v) is 17.2. The smallest absolute Gasteiger partial charge is 0.358 e. The van der Waals surface area contributed by atoms with E-state index in [1.165, 1.54) is 25.7 Å². The zero-order chi connectivity index (χ0) is 34.2. The van der Waals surface area contributed by atoms with Crippen LogP contribution < -0.4 is 9.80 Å². The summed E-state index contributed by atoms with van der Waals surface area (Å²) in [5, 5.41) is 0.496. The molecule has 2 saturated carbocycles. The second kappa shape index (κ2) is 13.3. The Morgan fingerprint density at radius 2 is 1.24 bits per heavy atom. The van der Waals surface area contributed by atoms with Crippen LogP contribution in [0.4, 0.5) is 11.6 Å². The highest BCUT2D eigenvalue weighted by molar-refractivity contribution is 6.30. The van der Waals surface area contributed by atoms with E-state index in [-0.39, 0.29) is 0 Å². The third kappa shape index (κ3) is 7.19. The number of anilines is 2. The Kier molecular flexibility index (Phi) is 8.91. The van der Waals surface area contributed by atoms with Crippen LogP contribution in [-0.4, -0.2) is 80.4 Å². The SMILES string of the molecule is C=Cc1nc(N2CC3(CC3)C2)ccc1Cn1cnc(C(=O)OCC)c1.CCOC(=O)c1cn(Cc2ccc(N3CC4(CC4)C3)nc2Cl)cn1. The first-order chi connectivity index (χ1) is 23.7. The van der Waals surface area contributed by atoms with Gasteiger partial charge < -0.3 is 28.4 Å². The molecule has 0 amide bonds. The number of carbonyl (C=O) groups is 2. The fraction of sp³-hybridized carbons (Fsp3) is 0.444. The van der Waals surface area contributed by atoms with Crippen LogP contribution in [-0.2, 0) is 22.6 Å². The van der Waals surface area contributed by atoms with Gasteiger partial charge in [-0.15, -0.1) is 0 Å². The van der Waals surface area contributed by atoms with E-state index in [0.717, 1.165) is 54.6 Å². The molecular formula is C36H41ClN8O4. The Labute approximate surface area is 290 Å². The third-order valence-corrected chi connectivity index (χ3v) is 10.0. The maximum absolute atomic E-state index is 11.7. The predicted molar refractivity (Wildman–Crippen MR) is 186 cm³/mol. The molecule has 0 unspecified atom stereocenters. The largest absolute Gasteiger partial charge is 0.461 e. The molecule has 8 rings (SSSR count). The van der Waals surface area contributed by atoms with Crippen molar-refractivity contribution in [2.45, 2.75) is 52.6 Å². The summed E-state index contributed by atoms with van der Waals surface area (Å²) in [6.45, 7) is 13.7. The van der Waals surface area contributed by atoms with Crippen LogP contribution in [0.5, 0.6) is 0 Å². The lowest BCUT2D eigenvalue weighted by Crippen LogP contribution is -2.48. The second-order valence-electron chi connectivity index (χ2n) is 13.6. The number of pyridine rings is 2.